The van der Waals surface area contributed by atoms with Gasteiger partial charge in [-0.05, 0) is 62.3 Å². The summed E-state index contributed by atoms with van der Waals surface area (Å²) in [5.74, 6) is 0.481. The average molecular weight is 391 g/mol. The summed E-state index contributed by atoms with van der Waals surface area (Å²) >= 11 is 2.24. The molecule has 1 saturated heterocycles. The van der Waals surface area contributed by atoms with E-state index in [4.69, 9.17) is 4.74 Å². The van der Waals surface area contributed by atoms with Crippen LogP contribution in [0.3, 0.4) is 0 Å². The maximum Gasteiger partial charge on any atom is 0.410 e. The van der Waals surface area contributed by atoms with Gasteiger partial charge in [-0.2, -0.15) is 5.10 Å². The summed E-state index contributed by atoms with van der Waals surface area (Å²) < 4.78 is 8.39. The Balaban J connectivity index is 1.92. The van der Waals surface area contributed by atoms with E-state index in [-0.39, 0.29) is 6.09 Å². The highest BCUT2D eigenvalue weighted by atomic mass is 127. The zero-order valence-corrected chi connectivity index (χ0v) is 14.7. The van der Waals surface area contributed by atoms with E-state index in [1.54, 1.807) is 0 Å². The molecule has 1 fully saturated rings. The quantitative estimate of drug-likeness (QED) is 0.692. The number of hydrogen-bond donors (Lipinski definition) is 0. The van der Waals surface area contributed by atoms with Crippen molar-refractivity contribution in [3.8, 4) is 0 Å². The van der Waals surface area contributed by atoms with Gasteiger partial charge in [0.05, 0.1) is 0 Å². The number of aromatic nitrogens is 2. The first-order chi connectivity index (χ1) is 9.26. The van der Waals surface area contributed by atoms with Crippen molar-refractivity contribution in [2.45, 2.75) is 45.1 Å². The van der Waals surface area contributed by atoms with Gasteiger partial charge in [-0.3, -0.25) is 4.68 Å². The zero-order chi connectivity index (χ0) is 14.9. The van der Waals surface area contributed by atoms with Crippen LogP contribution in [0.2, 0.25) is 0 Å². The van der Waals surface area contributed by atoms with E-state index < -0.39 is 5.60 Å². The second kappa shape index (κ2) is 5.91. The Hall–Kier alpha value is -0.790. The number of likely N-dealkylation sites (tertiary alicyclic amines) is 1. The number of hydrogen-bond acceptors (Lipinski definition) is 3. The minimum absolute atomic E-state index is 0.199. The predicted octanol–water partition coefficient (Wildman–Crippen LogP) is 3.14. The molecule has 0 atom stereocenters. The zero-order valence-electron chi connectivity index (χ0n) is 12.5. The van der Waals surface area contributed by atoms with E-state index in [9.17, 15) is 4.79 Å². The molecule has 1 amide bonds. The van der Waals surface area contributed by atoms with Crippen molar-refractivity contribution >= 4 is 28.7 Å². The molecule has 0 aliphatic carbocycles. The molecule has 2 rings (SSSR count). The van der Waals surface area contributed by atoms with Crippen molar-refractivity contribution in [2.75, 3.05) is 13.1 Å². The molecule has 1 aromatic heterocycles. The number of carbonyl (C=O) groups excluding carboxylic acids is 1. The molecule has 112 valence electrons. The van der Waals surface area contributed by atoms with Gasteiger partial charge >= 0.3 is 6.09 Å². The summed E-state index contributed by atoms with van der Waals surface area (Å²) in [4.78, 5) is 13.8. The Kier molecular flexibility index (Phi) is 4.61. The number of aryl methyl sites for hydroxylation is 1. The van der Waals surface area contributed by atoms with Crippen LogP contribution in [-0.2, 0) is 11.8 Å². The number of amides is 1. The fourth-order valence-electron chi connectivity index (χ4n) is 2.51. The molecule has 6 heteroatoms. The van der Waals surface area contributed by atoms with Crippen molar-refractivity contribution in [1.82, 2.24) is 14.7 Å². The topological polar surface area (TPSA) is 47.4 Å². The Morgan fingerprint density at radius 1 is 1.40 bits per heavy atom. The van der Waals surface area contributed by atoms with Crippen LogP contribution < -0.4 is 0 Å². The van der Waals surface area contributed by atoms with Crippen LogP contribution in [0.4, 0.5) is 4.79 Å². The van der Waals surface area contributed by atoms with Crippen LogP contribution >= 0.6 is 22.6 Å². The largest absolute Gasteiger partial charge is 0.444 e. The SMILES string of the molecule is Cn1nc(I)cc1C1CCN(C(=O)OC(C)(C)C)CC1. The highest BCUT2D eigenvalue weighted by molar-refractivity contribution is 14.1. The standard InChI is InChI=1S/C14H22IN3O2/c1-14(2,3)20-13(19)18-7-5-10(6-8-18)11-9-12(15)16-17(11)4/h9-10H,5-8H2,1-4H3. The van der Waals surface area contributed by atoms with Gasteiger partial charge in [-0.15, -0.1) is 0 Å². The molecule has 2 heterocycles. The highest BCUT2D eigenvalue weighted by Crippen LogP contribution is 2.29. The van der Waals surface area contributed by atoms with Gasteiger partial charge in [0.1, 0.15) is 9.30 Å². The normalized spacial score (nSPS) is 17.4. The van der Waals surface area contributed by atoms with Gasteiger partial charge in [0, 0.05) is 31.7 Å². The van der Waals surface area contributed by atoms with Crippen LogP contribution in [0.5, 0.6) is 0 Å². The number of carbonyl (C=O) groups is 1. The number of halogens is 1. The van der Waals surface area contributed by atoms with Crippen molar-refractivity contribution in [2.24, 2.45) is 7.05 Å². The van der Waals surface area contributed by atoms with E-state index in [2.05, 4.69) is 33.8 Å². The van der Waals surface area contributed by atoms with E-state index in [0.29, 0.717) is 5.92 Å². The van der Waals surface area contributed by atoms with Gasteiger partial charge in [0.2, 0.25) is 0 Å². The molecular weight excluding hydrogens is 369 g/mol. The van der Waals surface area contributed by atoms with E-state index in [1.807, 2.05) is 37.4 Å². The monoisotopic (exact) mass is 391 g/mol. The fraction of sp³-hybridized carbons (Fsp3) is 0.714. The molecule has 20 heavy (non-hydrogen) atoms. The van der Waals surface area contributed by atoms with Crippen LogP contribution in [0, 0.1) is 3.70 Å². The summed E-state index contributed by atoms with van der Waals surface area (Å²) in [6.07, 6.45) is 1.74. The third-order valence-corrected chi connectivity index (χ3v) is 3.98. The fourth-order valence-corrected chi connectivity index (χ4v) is 3.15. The molecule has 0 aromatic carbocycles. The Morgan fingerprint density at radius 2 is 2.00 bits per heavy atom. The van der Waals surface area contributed by atoms with Crippen molar-refractivity contribution < 1.29 is 9.53 Å². The maximum atomic E-state index is 12.0. The lowest BCUT2D eigenvalue weighted by molar-refractivity contribution is 0.0203. The number of piperidine rings is 1. The first-order valence-electron chi connectivity index (χ1n) is 6.93. The molecule has 0 N–H and O–H groups in total. The van der Waals surface area contributed by atoms with Crippen molar-refractivity contribution in [3.05, 3.63) is 15.5 Å². The van der Waals surface area contributed by atoms with Gasteiger partial charge in [0.15, 0.2) is 0 Å². The molecule has 0 saturated carbocycles. The van der Waals surface area contributed by atoms with Crippen LogP contribution in [0.1, 0.15) is 45.2 Å². The minimum atomic E-state index is -0.425. The lowest BCUT2D eigenvalue weighted by Crippen LogP contribution is -2.41. The van der Waals surface area contributed by atoms with Gasteiger partial charge in [-0.25, -0.2) is 4.79 Å². The predicted molar refractivity (Wildman–Crippen MR) is 85.7 cm³/mol. The molecule has 0 radical (unpaired) electrons. The first-order valence-corrected chi connectivity index (χ1v) is 8.01. The average Bonchev–Trinajstić information content (AvgIpc) is 2.66. The lowest BCUT2D eigenvalue weighted by Gasteiger charge is -2.33. The Labute approximate surface area is 133 Å². The van der Waals surface area contributed by atoms with E-state index in [1.165, 1.54) is 5.69 Å². The molecule has 5 nitrogen and oxygen atoms in total. The van der Waals surface area contributed by atoms with Gasteiger partial charge in [0.25, 0.3) is 0 Å². The van der Waals surface area contributed by atoms with E-state index in [0.717, 1.165) is 29.6 Å². The minimum Gasteiger partial charge on any atom is -0.444 e. The van der Waals surface area contributed by atoms with E-state index >= 15 is 0 Å². The third kappa shape index (κ3) is 3.86. The molecule has 1 aliphatic heterocycles. The third-order valence-electron chi connectivity index (χ3n) is 3.45. The second-order valence-corrected chi connectivity index (χ2v) is 7.36. The van der Waals surface area contributed by atoms with Gasteiger partial charge < -0.3 is 9.64 Å². The number of ether oxygens (including phenoxy) is 1. The Bertz CT molecular complexity index is 485. The molecule has 0 bridgehead atoms. The smallest absolute Gasteiger partial charge is 0.410 e. The van der Waals surface area contributed by atoms with Crippen LogP contribution in [0.15, 0.2) is 6.07 Å². The van der Waals surface area contributed by atoms with Gasteiger partial charge in [-0.1, -0.05) is 0 Å². The summed E-state index contributed by atoms with van der Waals surface area (Å²) in [6.45, 7) is 7.20. The summed E-state index contributed by atoms with van der Waals surface area (Å²) in [6, 6.07) is 2.13. The first kappa shape index (κ1) is 15.6. The lowest BCUT2D eigenvalue weighted by atomic mass is 9.94. The van der Waals surface area contributed by atoms with Crippen LogP contribution in [-0.4, -0.2) is 39.5 Å². The number of rotatable bonds is 1. The van der Waals surface area contributed by atoms with Crippen LogP contribution in [0.25, 0.3) is 0 Å². The van der Waals surface area contributed by atoms with Crippen molar-refractivity contribution in [3.63, 3.8) is 0 Å². The molecule has 0 unspecified atom stereocenters. The number of nitrogens with zero attached hydrogens (tertiary/aromatic N) is 3. The molecule has 0 spiro atoms. The summed E-state index contributed by atoms with van der Waals surface area (Å²) in [5.41, 5.74) is 0.838. The molecule has 1 aromatic rings. The molecule has 1 aliphatic rings. The maximum absolute atomic E-state index is 12.0. The molecular formula is C14H22IN3O2. The summed E-state index contributed by atoms with van der Waals surface area (Å²) in [7, 11) is 1.98. The highest BCUT2D eigenvalue weighted by Gasteiger charge is 2.28. The second-order valence-electron chi connectivity index (χ2n) is 6.26. The Morgan fingerprint density at radius 3 is 2.45 bits per heavy atom. The van der Waals surface area contributed by atoms with Crippen molar-refractivity contribution in [1.29, 1.82) is 0 Å². The summed E-state index contributed by atoms with van der Waals surface area (Å²) in [5, 5.41) is 4.39.